The second kappa shape index (κ2) is 8.45. The Morgan fingerprint density at radius 1 is 1.27 bits per heavy atom. The molecular weight excluding hydrogens is 330 g/mol. The van der Waals surface area contributed by atoms with E-state index in [4.69, 9.17) is 4.74 Å². The van der Waals surface area contributed by atoms with Crippen LogP contribution in [-0.2, 0) is 4.74 Å². The van der Waals surface area contributed by atoms with Crippen LogP contribution in [0.15, 0.2) is 29.4 Å². The number of anilines is 1. The number of nitro groups is 1. The van der Waals surface area contributed by atoms with Crippen molar-refractivity contribution in [3.63, 3.8) is 0 Å². The Morgan fingerprint density at radius 3 is 2.62 bits per heavy atom. The van der Waals surface area contributed by atoms with E-state index in [2.05, 4.69) is 17.2 Å². The van der Waals surface area contributed by atoms with Crippen LogP contribution in [0.5, 0.6) is 0 Å². The molecule has 26 heavy (non-hydrogen) atoms. The molecule has 6 nitrogen and oxygen atoms in total. The van der Waals surface area contributed by atoms with Gasteiger partial charge in [-0.1, -0.05) is 19.3 Å². The summed E-state index contributed by atoms with van der Waals surface area (Å²) in [4.78, 5) is 15.8. The van der Waals surface area contributed by atoms with Crippen molar-refractivity contribution < 1.29 is 9.66 Å². The molecule has 0 bridgehead atoms. The number of hydrogen-bond acceptors (Lipinski definition) is 5. The maximum atomic E-state index is 11.5. The highest BCUT2D eigenvalue weighted by molar-refractivity contribution is 5.86. The van der Waals surface area contributed by atoms with Gasteiger partial charge in [0.1, 0.15) is 0 Å². The molecule has 0 spiro atoms. The summed E-state index contributed by atoms with van der Waals surface area (Å²) in [7, 11) is 0. The lowest BCUT2D eigenvalue weighted by molar-refractivity contribution is -0.385. The van der Waals surface area contributed by atoms with E-state index in [1.165, 1.54) is 32.1 Å². The Hall–Kier alpha value is -2.21. The molecule has 0 atom stereocenters. The summed E-state index contributed by atoms with van der Waals surface area (Å²) in [5, 5.41) is 14.8. The van der Waals surface area contributed by atoms with Crippen molar-refractivity contribution in [2.24, 2.45) is 10.9 Å². The van der Waals surface area contributed by atoms with Crippen LogP contribution in [0.4, 0.5) is 11.4 Å². The van der Waals surface area contributed by atoms with Gasteiger partial charge < -0.3 is 10.1 Å². The number of allylic oxidation sites excluding steroid dienone is 1. The van der Waals surface area contributed by atoms with E-state index in [0.29, 0.717) is 24.7 Å². The molecule has 3 rings (SSSR count). The van der Waals surface area contributed by atoms with E-state index in [-0.39, 0.29) is 16.7 Å². The number of nitrogens with one attached hydrogen (secondary N) is 1. The van der Waals surface area contributed by atoms with Crippen LogP contribution in [0, 0.1) is 16.0 Å². The van der Waals surface area contributed by atoms with Crippen molar-refractivity contribution in [1.29, 1.82) is 0 Å². The van der Waals surface area contributed by atoms with E-state index >= 15 is 0 Å². The summed E-state index contributed by atoms with van der Waals surface area (Å²) in [5.41, 5.74) is 3.42. The Kier molecular flexibility index (Phi) is 6.04. The SMILES string of the molecule is CC(=N/C=C(\C)c1ccc(NC2COC2)cc1[N+](=O)[O-])C1CCCCC1. The average molecular weight is 357 g/mol. The van der Waals surface area contributed by atoms with Crippen LogP contribution in [0.2, 0.25) is 0 Å². The van der Waals surface area contributed by atoms with Gasteiger partial charge in [-0.15, -0.1) is 0 Å². The molecule has 1 N–H and O–H groups in total. The van der Waals surface area contributed by atoms with Gasteiger partial charge in [0.2, 0.25) is 0 Å². The van der Waals surface area contributed by atoms with Gasteiger partial charge in [0.15, 0.2) is 0 Å². The minimum atomic E-state index is -0.327. The third kappa shape index (κ3) is 4.49. The molecule has 1 heterocycles. The van der Waals surface area contributed by atoms with Crippen molar-refractivity contribution >= 4 is 22.7 Å². The minimum absolute atomic E-state index is 0.106. The Morgan fingerprint density at radius 2 is 2.00 bits per heavy atom. The van der Waals surface area contributed by atoms with Crippen molar-refractivity contribution in [3.8, 4) is 0 Å². The Labute approximate surface area is 154 Å². The summed E-state index contributed by atoms with van der Waals surface area (Å²) in [6, 6.07) is 5.52. The number of hydrogen-bond donors (Lipinski definition) is 1. The van der Waals surface area contributed by atoms with Gasteiger partial charge in [-0.3, -0.25) is 15.1 Å². The van der Waals surface area contributed by atoms with E-state index < -0.39 is 0 Å². The maximum Gasteiger partial charge on any atom is 0.278 e. The first-order valence-electron chi connectivity index (χ1n) is 9.38. The zero-order valence-corrected chi connectivity index (χ0v) is 15.5. The highest BCUT2D eigenvalue weighted by atomic mass is 16.6. The lowest BCUT2D eigenvalue weighted by Gasteiger charge is -2.27. The fraction of sp³-hybridized carbons (Fsp3) is 0.550. The normalized spacial score (nSPS) is 19.9. The van der Waals surface area contributed by atoms with Crippen LogP contribution in [0.25, 0.3) is 5.57 Å². The van der Waals surface area contributed by atoms with Gasteiger partial charge in [-0.25, -0.2) is 0 Å². The van der Waals surface area contributed by atoms with Gasteiger partial charge in [0, 0.05) is 23.7 Å². The summed E-state index contributed by atoms with van der Waals surface area (Å²) in [5.74, 6) is 0.555. The first kappa shape index (κ1) is 18.6. The first-order chi connectivity index (χ1) is 12.5. The summed E-state index contributed by atoms with van der Waals surface area (Å²) < 4.78 is 5.13. The molecule has 2 aliphatic rings. The van der Waals surface area contributed by atoms with Crippen molar-refractivity contribution in [2.45, 2.75) is 52.0 Å². The van der Waals surface area contributed by atoms with Crippen LogP contribution in [-0.4, -0.2) is 29.9 Å². The molecule has 2 fully saturated rings. The predicted molar refractivity (Wildman–Crippen MR) is 105 cm³/mol. The van der Waals surface area contributed by atoms with Crippen molar-refractivity contribution in [3.05, 3.63) is 40.1 Å². The zero-order chi connectivity index (χ0) is 18.5. The highest BCUT2D eigenvalue weighted by Crippen LogP contribution is 2.30. The second-order valence-electron chi connectivity index (χ2n) is 7.29. The number of nitrogens with zero attached hydrogens (tertiary/aromatic N) is 2. The number of ether oxygens (including phenoxy) is 1. The maximum absolute atomic E-state index is 11.5. The number of nitro benzene ring substituents is 1. The minimum Gasteiger partial charge on any atom is -0.377 e. The predicted octanol–water partition coefficient (Wildman–Crippen LogP) is 4.81. The number of benzene rings is 1. The molecule has 1 aliphatic heterocycles. The summed E-state index contributed by atoms with van der Waals surface area (Å²) in [6.07, 6.45) is 8.04. The third-order valence-electron chi connectivity index (χ3n) is 5.29. The average Bonchev–Trinajstić information content (AvgIpc) is 2.63. The van der Waals surface area contributed by atoms with Crippen LogP contribution in [0.1, 0.15) is 51.5 Å². The molecule has 1 saturated heterocycles. The molecule has 1 saturated carbocycles. The second-order valence-corrected chi connectivity index (χ2v) is 7.29. The highest BCUT2D eigenvalue weighted by Gasteiger charge is 2.21. The molecule has 0 aromatic heterocycles. The van der Waals surface area contributed by atoms with Gasteiger partial charge in [-0.05, 0) is 50.3 Å². The van der Waals surface area contributed by atoms with Crippen molar-refractivity contribution in [1.82, 2.24) is 0 Å². The number of rotatable bonds is 6. The topological polar surface area (TPSA) is 76.8 Å². The van der Waals surface area contributed by atoms with Gasteiger partial charge >= 0.3 is 0 Å². The molecule has 1 aromatic rings. The molecule has 6 heteroatoms. The first-order valence-corrected chi connectivity index (χ1v) is 9.38. The van der Waals surface area contributed by atoms with Crippen molar-refractivity contribution in [2.75, 3.05) is 18.5 Å². The Balaban J connectivity index is 1.78. The lowest BCUT2D eigenvalue weighted by Crippen LogP contribution is -2.40. The van der Waals surface area contributed by atoms with Gasteiger partial charge in [0.25, 0.3) is 5.69 Å². The summed E-state index contributed by atoms with van der Waals surface area (Å²) >= 11 is 0. The zero-order valence-electron chi connectivity index (χ0n) is 15.5. The quantitative estimate of drug-likeness (QED) is 0.450. The molecule has 0 amide bonds. The van der Waals surface area contributed by atoms with Crippen LogP contribution in [0.3, 0.4) is 0 Å². The van der Waals surface area contributed by atoms with E-state index in [1.54, 1.807) is 18.3 Å². The van der Waals surface area contributed by atoms with Crippen LogP contribution >= 0.6 is 0 Å². The third-order valence-corrected chi connectivity index (χ3v) is 5.29. The molecule has 0 unspecified atom stereocenters. The molecule has 0 radical (unpaired) electrons. The fourth-order valence-corrected chi connectivity index (χ4v) is 3.55. The van der Waals surface area contributed by atoms with Gasteiger partial charge in [0.05, 0.1) is 29.7 Å². The van der Waals surface area contributed by atoms with E-state index in [0.717, 1.165) is 17.0 Å². The molecule has 1 aliphatic carbocycles. The lowest BCUT2D eigenvalue weighted by atomic mass is 9.86. The van der Waals surface area contributed by atoms with Crippen LogP contribution < -0.4 is 5.32 Å². The van der Waals surface area contributed by atoms with E-state index in [9.17, 15) is 10.1 Å². The standard InChI is InChI=1S/C20H27N3O3/c1-14(11-21-15(2)16-6-4-3-5-7-16)19-9-8-17(10-20(19)23(24)25)22-18-12-26-13-18/h8-11,16,18,22H,3-7,12-13H2,1-2H3/b14-11+,21-15?. The molecule has 140 valence electrons. The number of aliphatic imine (C=N–C) groups is 1. The summed E-state index contributed by atoms with van der Waals surface area (Å²) in [6.45, 7) is 5.24. The molecular formula is C20H27N3O3. The van der Waals surface area contributed by atoms with E-state index in [1.807, 2.05) is 13.0 Å². The Bertz CT molecular complexity index is 717. The monoisotopic (exact) mass is 357 g/mol. The smallest absolute Gasteiger partial charge is 0.278 e. The molecule has 1 aromatic carbocycles. The largest absolute Gasteiger partial charge is 0.377 e. The fourth-order valence-electron chi connectivity index (χ4n) is 3.55. The van der Waals surface area contributed by atoms with Gasteiger partial charge in [-0.2, -0.15) is 0 Å².